The van der Waals surface area contributed by atoms with Crippen molar-refractivity contribution in [3.05, 3.63) is 98.6 Å². The molecule has 3 aromatic rings. The van der Waals surface area contributed by atoms with Gasteiger partial charge >= 0.3 is 6.03 Å². The molecule has 1 fully saturated rings. The highest BCUT2D eigenvalue weighted by Crippen LogP contribution is 2.31. The molecule has 3 aromatic carbocycles. The van der Waals surface area contributed by atoms with Crippen molar-refractivity contribution in [2.45, 2.75) is 13.5 Å². The van der Waals surface area contributed by atoms with Gasteiger partial charge in [0.05, 0.1) is 17.2 Å². The van der Waals surface area contributed by atoms with E-state index in [1.54, 1.807) is 37.3 Å². The third-order valence-corrected chi connectivity index (χ3v) is 5.56. The number of halogens is 1. The van der Waals surface area contributed by atoms with E-state index < -0.39 is 22.8 Å². The zero-order valence-electron chi connectivity index (χ0n) is 19.5. The smallest absolute Gasteiger partial charge is 0.335 e. The van der Waals surface area contributed by atoms with Crippen molar-refractivity contribution in [1.29, 1.82) is 0 Å². The standard InChI is InChI=1S/C26H20ClN3O7/c1-2-36-23-14-17(5-12-22(23)37-15-16-3-6-18(27)7-4-16)13-21-24(31)28-26(33)29(25(21)32)19-8-10-20(11-9-19)30(34)35/h3-14H,2,15H2,1H3,(H,28,31,33)/b21-13+. The summed E-state index contributed by atoms with van der Waals surface area (Å²) in [7, 11) is 0. The Bertz CT molecular complexity index is 1400. The van der Waals surface area contributed by atoms with E-state index in [0.29, 0.717) is 28.7 Å². The molecule has 10 nitrogen and oxygen atoms in total. The second-order valence-electron chi connectivity index (χ2n) is 7.79. The maximum absolute atomic E-state index is 13.1. The zero-order valence-corrected chi connectivity index (χ0v) is 20.2. The number of ether oxygens (including phenoxy) is 2. The van der Waals surface area contributed by atoms with Crippen LogP contribution in [-0.2, 0) is 16.2 Å². The molecule has 0 unspecified atom stereocenters. The number of nitro groups is 1. The Kier molecular flexibility index (Phi) is 7.49. The highest BCUT2D eigenvalue weighted by Gasteiger charge is 2.37. The minimum absolute atomic E-state index is 0.0763. The first-order valence-electron chi connectivity index (χ1n) is 11.1. The Labute approximate surface area is 216 Å². The monoisotopic (exact) mass is 521 g/mol. The minimum atomic E-state index is -0.957. The topological polar surface area (TPSA) is 128 Å². The molecule has 1 aliphatic heterocycles. The van der Waals surface area contributed by atoms with Gasteiger partial charge in [0, 0.05) is 17.2 Å². The Morgan fingerprint density at radius 2 is 1.68 bits per heavy atom. The molecule has 1 aliphatic rings. The molecule has 188 valence electrons. The van der Waals surface area contributed by atoms with Crippen molar-refractivity contribution in [2.24, 2.45) is 0 Å². The fourth-order valence-corrected chi connectivity index (χ4v) is 3.65. The number of carbonyl (C=O) groups excluding carboxylic acids is 3. The number of hydrogen-bond donors (Lipinski definition) is 1. The number of benzene rings is 3. The number of urea groups is 1. The molecule has 1 N–H and O–H groups in total. The number of amides is 4. The highest BCUT2D eigenvalue weighted by atomic mass is 35.5. The van der Waals surface area contributed by atoms with Gasteiger partial charge in [0.2, 0.25) is 0 Å². The van der Waals surface area contributed by atoms with Crippen LogP contribution in [0.3, 0.4) is 0 Å². The van der Waals surface area contributed by atoms with Gasteiger partial charge in [-0.15, -0.1) is 0 Å². The fraction of sp³-hybridized carbons (Fsp3) is 0.115. The average molecular weight is 522 g/mol. The summed E-state index contributed by atoms with van der Waals surface area (Å²) in [6.07, 6.45) is 1.33. The van der Waals surface area contributed by atoms with Crippen LogP contribution in [0, 0.1) is 10.1 Å². The number of imide groups is 2. The lowest BCUT2D eigenvalue weighted by Crippen LogP contribution is -2.54. The molecule has 0 radical (unpaired) electrons. The van der Waals surface area contributed by atoms with E-state index in [4.69, 9.17) is 21.1 Å². The zero-order chi connectivity index (χ0) is 26.5. The lowest BCUT2D eigenvalue weighted by atomic mass is 10.1. The average Bonchev–Trinajstić information content (AvgIpc) is 2.87. The van der Waals surface area contributed by atoms with Crippen molar-refractivity contribution >= 4 is 46.9 Å². The second kappa shape index (κ2) is 10.9. The van der Waals surface area contributed by atoms with Crippen LogP contribution in [0.15, 0.2) is 72.3 Å². The molecule has 0 spiro atoms. The minimum Gasteiger partial charge on any atom is -0.490 e. The van der Waals surface area contributed by atoms with Gasteiger partial charge in [0.1, 0.15) is 12.2 Å². The predicted octanol–water partition coefficient (Wildman–Crippen LogP) is 4.89. The van der Waals surface area contributed by atoms with Crippen LogP contribution in [0.2, 0.25) is 5.02 Å². The molecule has 4 rings (SSSR count). The van der Waals surface area contributed by atoms with Crippen molar-refractivity contribution in [3.63, 3.8) is 0 Å². The molecule has 0 bridgehead atoms. The number of non-ortho nitro benzene ring substituents is 1. The van der Waals surface area contributed by atoms with Crippen LogP contribution in [0.5, 0.6) is 11.5 Å². The maximum atomic E-state index is 13.1. The first kappa shape index (κ1) is 25.4. The van der Waals surface area contributed by atoms with Crippen molar-refractivity contribution in [2.75, 3.05) is 11.5 Å². The summed E-state index contributed by atoms with van der Waals surface area (Å²) in [5, 5.41) is 13.6. The highest BCUT2D eigenvalue weighted by molar-refractivity contribution is 6.39. The van der Waals surface area contributed by atoms with Gasteiger partial charge in [0.15, 0.2) is 11.5 Å². The van der Waals surface area contributed by atoms with E-state index in [0.717, 1.165) is 22.6 Å². The van der Waals surface area contributed by atoms with Crippen molar-refractivity contribution in [1.82, 2.24) is 5.32 Å². The van der Waals surface area contributed by atoms with Gasteiger partial charge < -0.3 is 9.47 Å². The first-order valence-corrected chi connectivity index (χ1v) is 11.4. The molecule has 0 aromatic heterocycles. The number of hydrogen-bond acceptors (Lipinski definition) is 7. The third kappa shape index (κ3) is 5.76. The number of rotatable bonds is 8. The number of nitrogens with one attached hydrogen (secondary N) is 1. The number of anilines is 1. The molecule has 0 atom stereocenters. The maximum Gasteiger partial charge on any atom is 0.335 e. The summed E-state index contributed by atoms with van der Waals surface area (Å²) in [4.78, 5) is 49.0. The largest absolute Gasteiger partial charge is 0.490 e. The number of nitro benzene ring substituents is 1. The van der Waals surface area contributed by atoms with Crippen LogP contribution >= 0.6 is 11.6 Å². The van der Waals surface area contributed by atoms with Gasteiger partial charge in [-0.1, -0.05) is 29.8 Å². The molecule has 1 heterocycles. The van der Waals surface area contributed by atoms with E-state index in [9.17, 15) is 24.5 Å². The number of carbonyl (C=O) groups is 3. The molecule has 37 heavy (non-hydrogen) atoms. The summed E-state index contributed by atoms with van der Waals surface area (Å²) in [5.74, 6) is -0.878. The van der Waals surface area contributed by atoms with Gasteiger partial charge in [0.25, 0.3) is 17.5 Å². The second-order valence-corrected chi connectivity index (χ2v) is 8.22. The lowest BCUT2D eigenvalue weighted by Gasteiger charge is -2.26. The van der Waals surface area contributed by atoms with E-state index in [1.165, 1.54) is 18.2 Å². The van der Waals surface area contributed by atoms with Gasteiger partial charge in [-0.05, 0) is 60.5 Å². The Morgan fingerprint density at radius 1 is 0.973 bits per heavy atom. The molecule has 0 saturated carbocycles. The van der Waals surface area contributed by atoms with Gasteiger partial charge in [-0.2, -0.15) is 0 Å². The van der Waals surface area contributed by atoms with Crippen LogP contribution < -0.4 is 19.7 Å². The summed E-state index contributed by atoms with van der Waals surface area (Å²) in [6.45, 7) is 2.42. The fourth-order valence-electron chi connectivity index (χ4n) is 3.53. The molecule has 0 aliphatic carbocycles. The summed E-state index contributed by atoms with van der Waals surface area (Å²) < 4.78 is 11.6. The van der Waals surface area contributed by atoms with E-state index in [2.05, 4.69) is 5.32 Å². The molecule has 11 heteroatoms. The molecular weight excluding hydrogens is 502 g/mol. The predicted molar refractivity (Wildman–Crippen MR) is 135 cm³/mol. The summed E-state index contributed by atoms with van der Waals surface area (Å²) in [5.41, 5.74) is 0.933. The SMILES string of the molecule is CCOc1cc(/C=C2\C(=O)NC(=O)N(c3ccc([N+](=O)[O-])cc3)C2=O)ccc1OCc1ccc(Cl)cc1. The van der Waals surface area contributed by atoms with E-state index >= 15 is 0 Å². The normalized spacial score (nSPS) is 14.5. The van der Waals surface area contributed by atoms with E-state index in [-0.39, 0.29) is 23.6 Å². The van der Waals surface area contributed by atoms with E-state index in [1.807, 2.05) is 12.1 Å². The number of nitrogens with zero attached hydrogens (tertiary/aromatic N) is 2. The summed E-state index contributed by atoms with van der Waals surface area (Å²) >= 11 is 5.92. The van der Waals surface area contributed by atoms with Crippen molar-refractivity contribution in [3.8, 4) is 11.5 Å². The first-order chi connectivity index (χ1) is 17.8. The van der Waals surface area contributed by atoms with Crippen molar-refractivity contribution < 1.29 is 28.8 Å². The Morgan fingerprint density at radius 3 is 2.32 bits per heavy atom. The Hall–Kier alpha value is -4.70. The molecule has 4 amide bonds. The molecule has 1 saturated heterocycles. The summed E-state index contributed by atoms with van der Waals surface area (Å²) in [6, 6.07) is 16.0. The molecular formula is C26H20ClN3O7. The van der Waals surface area contributed by atoms with Crippen LogP contribution in [-0.4, -0.2) is 29.4 Å². The Balaban J connectivity index is 1.60. The number of barbiturate groups is 1. The van der Waals surface area contributed by atoms with Crippen LogP contribution in [0.1, 0.15) is 18.1 Å². The van der Waals surface area contributed by atoms with Gasteiger partial charge in [-0.3, -0.25) is 25.0 Å². The van der Waals surface area contributed by atoms with Gasteiger partial charge in [-0.25, -0.2) is 9.69 Å². The van der Waals surface area contributed by atoms with Crippen LogP contribution in [0.4, 0.5) is 16.2 Å². The van der Waals surface area contributed by atoms with Crippen LogP contribution in [0.25, 0.3) is 6.08 Å². The lowest BCUT2D eigenvalue weighted by molar-refractivity contribution is -0.384. The third-order valence-electron chi connectivity index (χ3n) is 5.31. The quantitative estimate of drug-likeness (QED) is 0.193.